The van der Waals surface area contributed by atoms with Crippen molar-refractivity contribution in [2.75, 3.05) is 62.1 Å². The largest absolute Gasteiger partial charge is 0.481 e. The second-order valence-corrected chi connectivity index (χ2v) is 5.95. The summed E-state index contributed by atoms with van der Waals surface area (Å²) in [6.07, 6.45) is 0. The van der Waals surface area contributed by atoms with E-state index in [0.29, 0.717) is 23.7 Å². The van der Waals surface area contributed by atoms with Crippen molar-refractivity contribution in [3.63, 3.8) is 0 Å². The molecule has 0 amide bonds. The van der Waals surface area contributed by atoms with Gasteiger partial charge < -0.3 is 24.6 Å². The number of hydrogen-bond acceptors (Lipinski definition) is 9. The summed E-state index contributed by atoms with van der Waals surface area (Å²) in [4.78, 5) is 22.3. The van der Waals surface area contributed by atoms with Crippen molar-refractivity contribution in [1.82, 2.24) is 19.9 Å². The molecule has 26 heavy (non-hydrogen) atoms. The van der Waals surface area contributed by atoms with E-state index in [4.69, 9.17) is 9.47 Å². The number of methoxy groups -OCH3 is 2. The molecule has 1 aliphatic heterocycles. The first-order valence-corrected chi connectivity index (χ1v) is 8.69. The SMILES string of the molecule is CCNc1nc(C)cc(N2CCN(c3nc(OC)cc(OC)n3)CC2)n1. The number of nitrogens with zero attached hydrogens (tertiary/aromatic N) is 6. The molecule has 3 heterocycles. The van der Waals surface area contributed by atoms with Crippen molar-refractivity contribution in [2.45, 2.75) is 13.8 Å². The first-order valence-electron chi connectivity index (χ1n) is 8.69. The van der Waals surface area contributed by atoms with Crippen LogP contribution in [0.25, 0.3) is 0 Å². The van der Waals surface area contributed by atoms with Crippen LogP contribution in [0.5, 0.6) is 11.8 Å². The fourth-order valence-electron chi connectivity index (χ4n) is 2.83. The minimum absolute atomic E-state index is 0.496. The Morgan fingerprint density at radius 2 is 1.54 bits per heavy atom. The van der Waals surface area contributed by atoms with Crippen LogP contribution >= 0.6 is 0 Å². The van der Waals surface area contributed by atoms with Crippen LogP contribution in [0.1, 0.15) is 12.6 Å². The monoisotopic (exact) mass is 359 g/mol. The van der Waals surface area contributed by atoms with E-state index >= 15 is 0 Å². The summed E-state index contributed by atoms with van der Waals surface area (Å²) >= 11 is 0. The molecule has 0 atom stereocenters. The molecule has 3 rings (SSSR count). The summed E-state index contributed by atoms with van der Waals surface area (Å²) in [6.45, 7) is 8.04. The molecule has 1 saturated heterocycles. The molecule has 2 aromatic heterocycles. The van der Waals surface area contributed by atoms with Crippen molar-refractivity contribution in [2.24, 2.45) is 0 Å². The van der Waals surface area contributed by atoms with E-state index in [1.54, 1.807) is 20.3 Å². The van der Waals surface area contributed by atoms with Gasteiger partial charge >= 0.3 is 0 Å². The van der Waals surface area contributed by atoms with Crippen LogP contribution in [-0.2, 0) is 0 Å². The molecule has 9 heteroatoms. The van der Waals surface area contributed by atoms with Crippen LogP contribution < -0.4 is 24.6 Å². The summed E-state index contributed by atoms with van der Waals surface area (Å²) in [7, 11) is 3.17. The fourth-order valence-corrected chi connectivity index (χ4v) is 2.83. The van der Waals surface area contributed by atoms with Gasteiger partial charge in [-0.3, -0.25) is 0 Å². The minimum Gasteiger partial charge on any atom is -0.481 e. The van der Waals surface area contributed by atoms with Gasteiger partial charge in [0.15, 0.2) is 0 Å². The van der Waals surface area contributed by atoms with Gasteiger partial charge in [-0.1, -0.05) is 0 Å². The second-order valence-electron chi connectivity index (χ2n) is 5.95. The van der Waals surface area contributed by atoms with Crippen molar-refractivity contribution in [3.05, 3.63) is 17.8 Å². The van der Waals surface area contributed by atoms with Crippen molar-refractivity contribution in [3.8, 4) is 11.8 Å². The van der Waals surface area contributed by atoms with Crippen LogP contribution in [0.3, 0.4) is 0 Å². The number of ether oxygens (including phenoxy) is 2. The van der Waals surface area contributed by atoms with E-state index in [1.165, 1.54) is 0 Å². The smallest absolute Gasteiger partial charge is 0.232 e. The predicted octanol–water partition coefficient (Wildman–Crippen LogP) is 1.35. The molecule has 0 spiro atoms. The maximum atomic E-state index is 5.24. The molecule has 0 saturated carbocycles. The van der Waals surface area contributed by atoms with Gasteiger partial charge in [0.2, 0.25) is 23.7 Å². The first kappa shape index (κ1) is 18.0. The number of nitrogens with one attached hydrogen (secondary N) is 1. The topological polar surface area (TPSA) is 88.5 Å². The number of rotatable bonds is 6. The number of anilines is 3. The van der Waals surface area contributed by atoms with Gasteiger partial charge in [-0.15, -0.1) is 0 Å². The highest BCUT2D eigenvalue weighted by molar-refractivity contribution is 5.47. The molecule has 1 fully saturated rings. The van der Waals surface area contributed by atoms with E-state index < -0.39 is 0 Å². The number of aryl methyl sites for hydroxylation is 1. The lowest BCUT2D eigenvalue weighted by atomic mass is 10.3. The van der Waals surface area contributed by atoms with Crippen molar-refractivity contribution in [1.29, 1.82) is 0 Å². The van der Waals surface area contributed by atoms with E-state index in [1.807, 2.05) is 19.9 Å². The summed E-state index contributed by atoms with van der Waals surface area (Å²) in [5.74, 6) is 3.23. The normalized spacial score (nSPS) is 14.3. The molecule has 0 bridgehead atoms. The Hall–Kier alpha value is -2.84. The van der Waals surface area contributed by atoms with E-state index in [0.717, 1.165) is 44.2 Å². The first-order chi connectivity index (χ1) is 12.6. The lowest BCUT2D eigenvalue weighted by Crippen LogP contribution is -2.47. The third kappa shape index (κ3) is 4.04. The summed E-state index contributed by atoms with van der Waals surface area (Å²) in [6, 6.07) is 3.69. The summed E-state index contributed by atoms with van der Waals surface area (Å²) in [5.41, 5.74) is 0.953. The predicted molar refractivity (Wildman–Crippen MR) is 100 cm³/mol. The van der Waals surface area contributed by atoms with Crippen LogP contribution in [0.2, 0.25) is 0 Å². The van der Waals surface area contributed by atoms with Crippen molar-refractivity contribution >= 4 is 17.7 Å². The molecule has 0 unspecified atom stereocenters. The van der Waals surface area contributed by atoms with Gasteiger partial charge in [0.05, 0.1) is 20.3 Å². The third-order valence-corrected chi connectivity index (χ3v) is 4.15. The summed E-state index contributed by atoms with van der Waals surface area (Å²) in [5, 5.41) is 3.18. The Balaban J connectivity index is 1.71. The highest BCUT2D eigenvalue weighted by Crippen LogP contribution is 2.23. The molecule has 140 valence electrons. The Labute approximate surface area is 153 Å². The van der Waals surface area contributed by atoms with Gasteiger partial charge in [0.25, 0.3) is 0 Å². The molecule has 2 aromatic rings. The maximum absolute atomic E-state index is 5.24. The Morgan fingerprint density at radius 1 is 0.923 bits per heavy atom. The van der Waals surface area contributed by atoms with Crippen LogP contribution in [0, 0.1) is 6.92 Å². The fraction of sp³-hybridized carbons (Fsp3) is 0.529. The lowest BCUT2D eigenvalue weighted by Gasteiger charge is -2.35. The highest BCUT2D eigenvalue weighted by Gasteiger charge is 2.22. The zero-order valence-corrected chi connectivity index (χ0v) is 15.7. The number of hydrogen-bond donors (Lipinski definition) is 1. The molecular formula is C17H25N7O2. The highest BCUT2D eigenvalue weighted by atomic mass is 16.5. The zero-order chi connectivity index (χ0) is 18.5. The standard InChI is InChI=1S/C17H25N7O2/c1-5-18-16-19-12(2)10-13(20-16)23-6-8-24(9-7-23)17-21-14(25-3)11-15(22-17)26-4/h10-11H,5-9H2,1-4H3,(H,18,19,20). The molecule has 0 aromatic carbocycles. The van der Waals surface area contributed by atoms with Crippen molar-refractivity contribution < 1.29 is 9.47 Å². The van der Waals surface area contributed by atoms with E-state index in [9.17, 15) is 0 Å². The van der Waals surface area contributed by atoms with Gasteiger partial charge in [-0.2, -0.15) is 15.0 Å². The lowest BCUT2D eigenvalue weighted by molar-refractivity contribution is 0.371. The van der Waals surface area contributed by atoms with E-state index in [2.05, 4.69) is 35.1 Å². The molecule has 0 radical (unpaired) electrons. The second kappa shape index (κ2) is 8.03. The Bertz CT molecular complexity index is 726. The van der Waals surface area contributed by atoms with Crippen LogP contribution in [0.4, 0.5) is 17.7 Å². The number of aromatic nitrogens is 4. The zero-order valence-electron chi connectivity index (χ0n) is 15.7. The quantitative estimate of drug-likeness (QED) is 0.821. The van der Waals surface area contributed by atoms with Gasteiger partial charge in [0, 0.05) is 44.5 Å². The maximum Gasteiger partial charge on any atom is 0.232 e. The van der Waals surface area contributed by atoms with Gasteiger partial charge in [-0.05, 0) is 13.8 Å². The van der Waals surface area contributed by atoms with E-state index in [-0.39, 0.29) is 0 Å². The molecule has 1 aliphatic rings. The van der Waals surface area contributed by atoms with Crippen LogP contribution in [0.15, 0.2) is 12.1 Å². The van der Waals surface area contributed by atoms with Gasteiger partial charge in [0.1, 0.15) is 5.82 Å². The Kier molecular flexibility index (Phi) is 5.55. The Morgan fingerprint density at radius 3 is 2.12 bits per heavy atom. The molecular weight excluding hydrogens is 334 g/mol. The average Bonchev–Trinajstić information content (AvgIpc) is 2.67. The number of piperazine rings is 1. The van der Waals surface area contributed by atoms with Gasteiger partial charge in [-0.25, -0.2) is 4.98 Å². The molecule has 1 N–H and O–H groups in total. The third-order valence-electron chi connectivity index (χ3n) is 4.15. The average molecular weight is 359 g/mol. The molecule has 0 aliphatic carbocycles. The summed E-state index contributed by atoms with van der Waals surface area (Å²) < 4.78 is 10.5. The minimum atomic E-state index is 0.496. The molecule has 9 nitrogen and oxygen atoms in total. The van der Waals surface area contributed by atoms with Crippen LogP contribution in [-0.4, -0.2) is 66.9 Å².